The molecule has 1 aromatic heterocycles. The minimum absolute atomic E-state index is 0.167. The summed E-state index contributed by atoms with van der Waals surface area (Å²) in [6, 6.07) is 34.8. The van der Waals surface area contributed by atoms with Gasteiger partial charge < -0.3 is 8.92 Å². The van der Waals surface area contributed by atoms with Crippen LogP contribution in [0.2, 0.25) is 0 Å². The topological polar surface area (TPSA) is 157 Å². The largest absolute Gasteiger partial charge is 0.497 e. The van der Waals surface area contributed by atoms with Crippen molar-refractivity contribution in [3.8, 4) is 51.1 Å². The van der Waals surface area contributed by atoms with Gasteiger partial charge in [0, 0.05) is 22.9 Å². The van der Waals surface area contributed by atoms with Gasteiger partial charge in [0.2, 0.25) is 0 Å². The lowest BCUT2D eigenvalue weighted by Gasteiger charge is -2.16. The number of ether oxygens (including phenoxy) is 1. The molecule has 0 atom stereocenters. The predicted octanol–water partition coefficient (Wildman–Crippen LogP) is 7.47. The summed E-state index contributed by atoms with van der Waals surface area (Å²) >= 11 is 0. The molecule has 0 radical (unpaired) electrons. The summed E-state index contributed by atoms with van der Waals surface area (Å²) < 4.78 is 40.0. The molecule has 0 saturated heterocycles. The lowest BCUT2D eigenvalue weighted by molar-refractivity contribution is -0.396. The van der Waals surface area contributed by atoms with E-state index < -0.39 is 36.2 Å². The highest BCUT2D eigenvalue weighted by molar-refractivity contribution is 7.87. The van der Waals surface area contributed by atoms with Crippen molar-refractivity contribution < 1.29 is 27.2 Å². The molecule has 0 amide bonds. The van der Waals surface area contributed by atoms with Crippen LogP contribution in [0.15, 0.2) is 132 Å². The van der Waals surface area contributed by atoms with Crippen molar-refractivity contribution in [1.82, 2.24) is 9.55 Å². The summed E-state index contributed by atoms with van der Waals surface area (Å²) in [6.45, 7) is 0. The molecular formula is C34H24N4O8S. The number of hydrogen-bond acceptors (Lipinski definition) is 9. The molecule has 0 spiro atoms. The molecule has 0 bridgehead atoms. The van der Waals surface area contributed by atoms with E-state index in [9.17, 15) is 28.6 Å². The summed E-state index contributed by atoms with van der Waals surface area (Å²) in [5.74, 6) is 0.774. The Bertz CT molecular complexity index is 2220. The number of nitro groups is 2. The lowest BCUT2D eigenvalue weighted by Crippen LogP contribution is -2.13. The van der Waals surface area contributed by atoms with Crippen molar-refractivity contribution in [2.45, 2.75) is 4.90 Å². The van der Waals surface area contributed by atoms with Crippen molar-refractivity contribution >= 4 is 21.5 Å². The first-order valence-electron chi connectivity index (χ1n) is 14.0. The third kappa shape index (κ3) is 6.02. The van der Waals surface area contributed by atoms with Crippen molar-refractivity contribution in [3.63, 3.8) is 0 Å². The highest BCUT2D eigenvalue weighted by Gasteiger charge is 2.32. The summed E-state index contributed by atoms with van der Waals surface area (Å²) in [5, 5.41) is 23.0. The average Bonchev–Trinajstić information content (AvgIpc) is 3.49. The quantitative estimate of drug-likeness (QED) is 0.0835. The van der Waals surface area contributed by atoms with Gasteiger partial charge in [-0.3, -0.25) is 24.8 Å². The lowest BCUT2D eigenvalue weighted by atomic mass is 10.0. The van der Waals surface area contributed by atoms with E-state index >= 15 is 0 Å². The fourth-order valence-corrected chi connectivity index (χ4v) is 6.20. The molecule has 0 aliphatic heterocycles. The van der Waals surface area contributed by atoms with Gasteiger partial charge in [0.1, 0.15) is 11.6 Å². The standard InChI is InChI=1S/C34H24N4O8S/c1-45-27-19-16-25(17-20-27)36-33(24-12-6-3-7-13-24)32(23-10-4-2-5-11-23)35-34(36)28-14-8-9-15-30(28)46-47(43,44)31-21-18-26(37(39)40)22-29(31)38(41)42/h2-22H,1H3. The smallest absolute Gasteiger partial charge is 0.346 e. The molecule has 234 valence electrons. The van der Waals surface area contributed by atoms with Gasteiger partial charge in [-0.05, 0) is 42.5 Å². The van der Waals surface area contributed by atoms with Crippen LogP contribution in [-0.4, -0.2) is 34.9 Å². The summed E-state index contributed by atoms with van der Waals surface area (Å²) in [6.07, 6.45) is 0. The number of methoxy groups -OCH3 is 1. The van der Waals surface area contributed by atoms with Gasteiger partial charge in [0.15, 0.2) is 10.6 Å². The van der Waals surface area contributed by atoms with E-state index in [1.165, 1.54) is 6.07 Å². The van der Waals surface area contributed by atoms with Crippen LogP contribution in [0.5, 0.6) is 11.5 Å². The molecule has 0 aliphatic carbocycles. The van der Waals surface area contributed by atoms with E-state index in [1.54, 1.807) is 37.4 Å². The fraction of sp³-hybridized carbons (Fsp3) is 0.0294. The van der Waals surface area contributed by atoms with E-state index in [1.807, 2.05) is 77.4 Å². The van der Waals surface area contributed by atoms with Crippen molar-refractivity contribution in [2.75, 3.05) is 7.11 Å². The number of non-ortho nitro benzene ring substituents is 1. The Hall–Kier alpha value is -6.34. The van der Waals surface area contributed by atoms with Crippen molar-refractivity contribution in [2.24, 2.45) is 0 Å². The molecule has 0 saturated carbocycles. The van der Waals surface area contributed by atoms with Crippen LogP contribution >= 0.6 is 0 Å². The van der Waals surface area contributed by atoms with Gasteiger partial charge >= 0.3 is 10.1 Å². The zero-order valence-electron chi connectivity index (χ0n) is 24.6. The monoisotopic (exact) mass is 648 g/mol. The van der Waals surface area contributed by atoms with Gasteiger partial charge in [-0.2, -0.15) is 8.42 Å². The van der Waals surface area contributed by atoms with E-state index in [2.05, 4.69) is 0 Å². The number of aromatic nitrogens is 2. The number of nitro benzene ring substituents is 2. The second kappa shape index (κ2) is 12.6. The Labute approximate surface area is 268 Å². The third-order valence-electron chi connectivity index (χ3n) is 7.25. The number of hydrogen-bond donors (Lipinski definition) is 0. The molecule has 6 aromatic rings. The Morgan fingerprint density at radius 1 is 0.723 bits per heavy atom. The van der Waals surface area contributed by atoms with Crippen molar-refractivity contribution in [3.05, 3.63) is 148 Å². The molecule has 1 heterocycles. The minimum Gasteiger partial charge on any atom is -0.497 e. The first kappa shape index (κ1) is 30.7. The van der Waals surface area contributed by atoms with Gasteiger partial charge in [0.25, 0.3) is 11.4 Å². The Morgan fingerprint density at radius 2 is 1.34 bits per heavy atom. The summed E-state index contributed by atoms with van der Waals surface area (Å²) in [4.78, 5) is 25.4. The second-order valence-electron chi connectivity index (χ2n) is 10.1. The molecule has 47 heavy (non-hydrogen) atoms. The number of para-hydroxylation sites is 1. The average molecular weight is 649 g/mol. The zero-order chi connectivity index (χ0) is 33.1. The van der Waals surface area contributed by atoms with Crippen LogP contribution in [0.4, 0.5) is 11.4 Å². The first-order chi connectivity index (χ1) is 22.7. The van der Waals surface area contributed by atoms with Gasteiger partial charge in [-0.25, -0.2) is 4.98 Å². The maximum atomic E-state index is 13.6. The number of nitrogens with zero attached hydrogens (tertiary/aromatic N) is 4. The van der Waals surface area contributed by atoms with Gasteiger partial charge in [-0.15, -0.1) is 0 Å². The van der Waals surface area contributed by atoms with E-state index in [0.717, 1.165) is 23.3 Å². The fourth-order valence-electron chi connectivity index (χ4n) is 5.10. The summed E-state index contributed by atoms with van der Waals surface area (Å²) in [7, 11) is -3.31. The minimum atomic E-state index is -4.87. The van der Waals surface area contributed by atoms with Crippen LogP contribution in [0, 0.1) is 20.2 Å². The molecule has 0 N–H and O–H groups in total. The molecule has 0 aliphatic rings. The van der Waals surface area contributed by atoms with Crippen LogP contribution < -0.4 is 8.92 Å². The maximum absolute atomic E-state index is 13.6. The normalized spacial score (nSPS) is 11.2. The number of rotatable bonds is 10. The summed E-state index contributed by atoms with van der Waals surface area (Å²) in [5.41, 5.74) is 2.25. The SMILES string of the molecule is COc1ccc(-n2c(-c3ccccc3OS(=O)(=O)c3ccc([N+](=O)[O-])cc3[N+](=O)[O-])nc(-c3ccccc3)c2-c2ccccc2)cc1. The molecular weight excluding hydrogens is 624 g/mol. The van der Waals surface area contributed by atoms with E-state index in [-0.39, 0.29) is 11.3 Å². The van der Waals surface area contributed by atoms with Crippen LogP contribution in [0.3, 0.4) is 0 Å². The van der Waals surface area contributed by atoms with Crippen molar-refractivity contribution in [1.29, 1.82) is 0 Å². The van der Waals surface area contributed by atoms with E-state index in [4.69, 9.17) is 13.9 Å². The molecule has 13 heteroatoms. The highest BCUT2D eigenvalue weighted by Crippen LogP contribution is 2.42. The Kier molecular flexibility index (Phi) is 8.21. The zero-order valence-corrected chi connectivity index (χ0v) is 25.4. The molecule has 12 nitrogen and oxygen atoms in total. The molecule has 5 aromatic carbocycles. The predicted molar refractivity (Wildman–Crippen MR) is 174 cm³/mol. The number of imidazole rings is 1. The first-order valence-corrected chi connectivity index (χ1v) is 15.4. The van der Waals surface area contributed by atoms with Gasteiger partial charge in [-0.1, -0.05) is 72.8 Å². The highest BCUT2D eigenvalue weighted by atomic mass is 32.2. The van der Waals surface area contributed by atoms with Gasteiger partial charge in [0.05, 0.1) is 40.0 Å². The van der Waals surface area contributed by atoms with E-state index in [0.29, 0.717) is 34.7 Å². The Balaban J connectivity index is 1.59. The van der Waals surface area contributed by atoms with Crippen LogP contribution in [0.1, 0.15) is 0 Å². The van der Waals surface area contributed by atoms with Crippen LogP contribution in [-0.2, 0) is 10.1 Å². The second-order valence-corrected chi connectivity index (χ2v) is 11.6. The molecule has 6 rings (SSSR count). The Morgan fingerprint density at radius 3 is 1.96 bits per heavy atom. The molecule has 0 fully saturated rings. The number of benzene rings is 5. The third-order valence-corrected chi connectivity index (χ3v) is 8.53. The van der Waals surface area contributed by atoms with Crippen LogP contribution in [0.25, 0.3) is 39.6 Å². The molecule has 0 unspecified atom stereocenters. The maximum Gasteiger partial charge on any atom is 0.346 e.